The lowest BCUT2D eigenvalue weighted by molar-refractivity contribution is 0.0921. The second-order valence-corrected chi connectivity index (χ2v) is 13.2. The number of benzene rings is 2. The van der Waals surface area contributed by atoms with E-state index in [1.54, 1.807) is 61.4 Å². The highest BCUT2D eigenvalue weighted by Crippen LogP contribution is 2.46. The van der Waals surface area contributed by atoms with Gasteiger partial charge in [0.05, 0.1) is 19.4 Å². The fraction of sp³-hybridized carbons (Fsp3) is 0.435. The Bertz CT molecular complexity index is 1170. The minimum absolute atomic E-state index is 0.317. The average molecular weight is 553 g/mol. The van der Waals surface area contributed by atoms with Crippen LogP contribution in [0.25, 0.3) is 10.4 Å². The van der Waals surface area contributed by atoms with Gasteiger partial charge in [-0.2, -0.15) is 0 Å². The summed E-state index contributed by atoms with van der Waals surface area (Å²) in [6.45, 7) is 6.26. The fourth-order valence-corrected chi connectivity index (χ4v) is 5.56. The van der Waals surface area contributed by atoms with Gasteiger partial charge in [0.2, 0.25) is 0 Å². The molecule has 2 N–H and O–H groups in total. The molecule has 0 fully saturated rings. The van der Waals surface area contributed by atoms with Crippen LogP contribution in [0, 0.1) is 0 Å². The maximum atomic E-state index is 11.2. The molecule has 3 atom stereocenters. The van der Waals surface area contributed by atoms with Crippen molar-refractivity contribution in [3.63, 3.8) is 0 Å². The molecule has 0 aliphatic heterocycles. The maximum Gasteiger partial charge on any atom is 0.358 e. The van der Waals surface area contributed by atoms with Crippen molar-refractivity contribution < 1.29 is 23.8 Å². The number of nitrogens with zero attached hydrogens (tertiary/aromatic N) is 5. The second kappa shape index (κ2) is 12.6. The van der Waals surface area contributed by atoms with Crippen LogP contribution in [0.3, 0.4) is 0 Å². The van der Waals surface area contributed by atoms with Gasteiger partial charge >= 0.3 is 14.4 Å². The summed E-state index contributed by atoms with van der Waals surface area (Å²) in [5.74, 6) is 1.15. The van der Waals surface area contributed by atoms with Crippen LogP contribution in [-0.4, -0.2) is 38.9 Å². The van der Waals surface area contributed by atoms with Gasteiger partial charge in [-0.3, -0.25) is 4.57 Å². The molecule has 0 saturated heterocycles. The van der Waals surface area contributed by atoms with Gasteiger partial charge in [0, 0.05) is 18.3 Å². The van der Waals surface area contributed by atoms with Crippen molar-refractivity contribution in [3.05, 3.63) is 70.1 Å². The summed E-state index contributed by atoms with van der Waals surface area (Å²) in [7, 11) is -2.32. The number of ether oxygens (including phenoxy) is 2. The Kier molecular flexibility index (Phi) is 10.4. The first-order chi connectivity index (χ1) is 16.8. The third-order valence-corrected chi connectivity index (χ3v) is 9.97. The van der Waals surface area contributed by atoms with Gasteiger partial charge in [-0.15, -0.1) is 9.88 Å². The molecule has 194 valence electrons. The Morgan fingerprint density at radius 3 is 2.14 bits per heavy atom. The van der Waals surface area contributed by atoms with Crippen molar-refractivity contribution in [2.75, 3.05) is 7.05 Å². The zero-order chi connectivity index (χ0) is 27.0. The quantitative estimate of drug-likeness (QED) is 0.0721. The second-order valence-electron chi connectivity index (χ2n) is 8.49. The highest BCUT2D eigenvalue weighted by molar-refractivity contribution is 8.04. The summed E-state index contributed by atoms with van der Waals surface area (Å²) in [5.41, 5.74) is 9.16. The van der Waals surface area contributed by atoms with Crippen molar-refractivity contribution >= 4 is 32.5 Å². The van der Waals surface area contributed by atoms with Crippen LogP contribution in [-0.2, 0) is 22.5 Å². The topological polar surface area (TPSA) is 140 Å². The molecule has 0 spiro atoms. The first-order valence-corrected chi connectivity index (χ1v) is 15.4. The van der Waals surface area contributed by atoms with Crippen molar-refractivity contribution in [2.24, 2.45) is 10.2 Å². The number of rotatable bonds is 13. The summed E-state index contributed by atoms with van der Waals surface area (Å²) in [6.07, 6.45) is 2.55. The average Bonchev–Trinajstić information content (AvgIpc) is 2.83. The van der Waals surface area contributed by atoms with Crippen LogP contribution in [0.1, 0.15) is 51.7 Å². The number of azide groups is 1. The minimum Gasteiger partial charge on any atom is -0.481 e. The van der Waals surface area contributed by atoms with E-state index in [9.17, 15) is 4.57 Å². The monoisotopic (exact) mass is 552 g/mol. The summed E-state index contributed by atoms with van der Waals surface area (Å²) in [5, 5.41) is 7.55. The maximum absolute atomic E-state index is 11.2. The predicted octanol–water partition coefficient (Wildman–Crippen LogP) is 6.51. The lowest BCUT2D eigenvalue weighted by Gasteiger charge is -2.24. The molecule has 2 unspecified atom stereocenters. The molecule has 0 saturated carbocycles. The highest BCUT2D eigenvalue weighted by atomic mass is 32.4. The number of hydrogen-bond donors (Lipinski definition) is 2. The van der Waals surface area contributed by atoms with E-state index in [0.29, 0.717) is 29.9 Å². The van der Waals surface area contributed by atoms with E-state index >= 15 is 0 Å². The minimum atomic E-state index is -4.13. The summed E-state index contributed by atoms with van der Waals surface area (Å²) in [6, 6.07) is 13.9. The van der Waals surface area contributed by atoms with Gasteiger partial charge in [-0.1, -0.05) is 26.0 Å². The van der Waals surface area contributed by atoms with Crippen LogP contribution in [0.2, 0.25) is 0 Å². The number of hydrogen-bond acceptors (Lipinski definition) is 6. The predicted molar refractivity (Wildman–Crippen MR) is 146 cm³/mol. The van der Waals surface area contributed by atoms with Gasteiger partial charge in [-0.05, 0) is 71.5 Å². The van der Waals surface area contributed by atoms with E-state index in [-0.39, 0.29) is 6.16 Å². The van der Waals surface area contributed by atoms with Gasteiger partial charge < -0.3 is 19.3 Å². The molecule has 10 nitrogen and oxygen atoms in total. The van der Waals surface area contributed by atoms with Crippen LogP contribution in [0.5, 0.6) is 11.5 Å². The third kappa shape index (κ3) is 8.86. The van der Waals surface area contributed by atoms with E-state index in [0.717, 1.165) is 5.56 Å². The third-order valence-electron chi connectivity index (χ3n) is 5.48. The van der Waals surface area contributed by atoms with Gasteiger partial charge in [-0.25, -0.2) is 0 Å². The lowest BCUT2D eigenvalue weighted by atomic mass is 10.2. The zero-order valence-electron chi connectivity index (χ0n) is 21.0. The summed E-state index contributed by atoms with van der Waals surface area (Å²) < 4.78 is 25.0. The number of hydrazone groups is 1. The Morgan fingerprint density at radius 2 is 1.64 bits per heavy atom. The normalized spacial score (nSPS) is 15.4. The molecule has 2 rings (SSSR count). The van der Waals surface area contributed by atoms with Crippen LogP contribution < -0.4 is 9.47 Å². The van der Waals surface area contributed by atoms with Gasteiger partial charge in [0.25, 0.3) is 5.34 Å². The Morgan fingerprint density at radius 1 is 1.08 bits per heavy atom. The summed E-state index contributed by atoms with van der Waals surface area (Å²) in [4.78, 5) is 21.1. The first-order valence-electron chi connectivity index (χ1n) is 11.3. The molecule has 0 heterocycles. The molecular weight excluding hydrogens is 520 g/mol. The highest BCUT2D eigenvalue weighted by Gasteiger charge is 2.45. The van der Waals surface area contributed by atoms with E-state index in [4.69, 9.17) is 36.6 Å². The van der Waals surface area contributed by atoms with Crippen LogP contribution >= 0.6 is 14.4 Å². The van der Waals surface area contributed by atoms with Crippen molar-refractivity contribution in [3.8, 4) is 11.5 Å². The van der Waals surface area contributed by atoms with Crippen molar-refractivity contribution in [1.29, 1.82) is 0 Å². The molecule has 0 radical (unpaired) electrons. The lowest BCUT2D eigenvalue weighted by Crippen LogP contribution is -2.30. The SMILES string of the molecule is CCC(C)(Oc1ccc(CP(=O)(O)O)cc1)[P+](=S)N(C)/N=C/c1ccc(O[C@](C)(CC)N=[N+]=[N-])cc1. The molecule has 2 aromatic carbocycles. The van der Waals surface area contributed by atoms with Crippen LogP contribution in [0.4, 0.5) is 0 Å². The molecule has 0 bridgehead atoms. The standard InChI is InChI=1S/C23H31N5O5P2S/c1-6-22(3,26-27-24)32-20-12-8-18(9-13-20)16-25-28(5)34(36)23(4,7-2)33-21-14-10-19(11-15-21)17-35(29,30)31/h8-16H,6-7,17H2,1-5H3,(H-,29,30,31)/p+1/b25-16+/t22-,23?/m1/s1. The molecule has 0 aliphatic rings. The summed E-state index contributed by atoms with van der Waals surface area (Å²) >= 11 is 5.81. The van der Waals surface area contributed by atoms with E-state index in [1.807, 2.05) is 32.9 Å². The molecule has 13 heteroatoms. The first kappa shape index (κ1) is 29.7. The zero-order valence-corrected chi connectivity index (χ0v) is 23.6. The van der Waals surface area contributed by atoms with Crippen molar-refractivity contribution in [2.45, 2.75) is 57.8 Å². The van der Waals surface area contributed by atoms with Gasteiger partial charge in [0.15, 0.2) is 17.5 Å². The molecule has 0 amide bonds. The van der Waals surface area contributed by atoms with E-state index in [2.05, 4.69) is 15.1 Å². The van der Waals surface area contributed by atoms with Gasteiger partial charge in [0.1, 0.15) is 11.5 Å². The van der Waals surface area contributed by atoms with E-state index < -0.39 is 25.5 Å². The van der Waals surface area contributed by atoms with E-state index in [1.165, 1.54) is 0 Å². The van der Waals surface area contributed by atoms with Crippen molar-refractivity contribution in [1.82, 2.24) is 4.78 Å². The van der Waals surface area contributed by atoms with Crippen LogP contribution in [0.15, 0.2) is 58.7 Å². The fourth-order valence-electron chi connectivity index (χ4n) is 3.04. The largest absolute Gasteiger partial charge is 0.481 e. The molecule has 36 heavy (non-hydrogen) atoms. The molecule has 0 aliphatic carbocycles. The Labute approximate surface area is 217 Å². The molecule has 0 aromatic heterocycles. The Hall–Kier alpha value is -2.51. The smallest absolute Gasteiger partial charge is 0.358 e. The molecule has 2 aromatic rings. The molecular formula is C23H32N5O5P2S+. The Balaban J connectivity index is 2.07.